The maximum atomic E-state index is 12.5. The van der Waals surface area contributed by atoms with Crippen LogP contribution in [0.3, 0.4) is 0 Å². The van der Waals surface area contributed by atoms with Crippen molar-refractivity contribution in [2.24, 2.45) is 0 Å². The third-order valence-corrected chi connectivity index (χ3v) is 3.45. The Morgan fingerprint density at radius 1 is 1.27 bits per heavy atom. The Hall–Kier alpha value is -0.300. The minimum absolute atomic E-state index is 0.535. The van der Waals surface area contributed by atoms with Crippen LogP contribution in [-0.2, 0) is 19.1 Å². The second kappa shape index (κ2) is 3.93. The fraction of sp³-hybridized carbons (Fsp3) is 0.400. The van der Waals surface area contributed by atoms with Gasteiger partial charge in [-0.1, -0.05) is 0 Å². The lowest BCUT2D eigenvalue weighted by molar-refractivity contribution is -0.137. The van der Waals surface area contributed by atoms with Crippen molar-refractivity contribution in [3.63, 3.8) is 0 Å². The van der Waals surface area contributed by atoms with Crippen molar-refractivity contribution >= 4 is 22.6 Å². The van der Waals surface area contributed by atoms with E-state index in [1.54, 1.807) is 0 Å². The van der Waals surface area contributed by atoms with Crippen LogP contribution in [0.15, 0.2) is 12.1 Å². The van der Waals surface area contributed by atoms with Gasteiger partial charge in [-0.3, -0.25) is 0 Å². The molecule has 1 N–H and O–H groups in total. The monoisotopic (exact) mass is 327 g/mol. The highest BCUT2D eigenvalue weighted by Gasteiger charge is 2.32. The lowest BCUT2D eigenvalue weighted by atomic mass is 9.98. The Kier molecular flexibility index (Phi) is 2.94. The topological polar surface area (TPSA) is 12.0 Å². The molecule has 15 heavy (non-hydrogen) atoms. The first-order valence-electron chi connectivity index (χ1n) is 4.57. The Balaban J connectivity index is 2.50. The van der Waals surface area contributed by atoms with E-state index in [0.717, 1.165) is 17.7 Å². The zero-order chi connectivity index (χ0) is 11.1. The summed E-state index contributed by atoms with van der Waals surface area (Å²) in [6.07, 6.45) is -3.56. The molecule has 1 aromatic carbocycles. The lowest BCUT2D eigenvalue weighted by Crippen LogP contribution is -2.25. The molecule has 5 heteroatoms. The summed E-state index contributed by atoms with van der Waals surface area (Å²) in [4.78, 5) is 0. The molecule has 0 atom stereocenters. The molecule has 2 rings (SSSR count). The zero-order valence-electron chi connectivity index (χ0n) is 7.79. The van der Waals surface area contributed by atoms with Gasteiger partial charge in [-0.15, -0.1) is 0 Å². The molecule has 82 valence electrons. The molecule has 0 unspecified atom stereocenters. The lowest BCUT2D eigenvalue weighted by Gasteiger charge is -2.20. The van der Waals surface area contributed by atoms with E-state index in [1.807, 2.05) is 22.6 Å². The van der Waals surface area contributed by atoms with Gasteiger partial charge in [0.15, 0.2) is 0 Å². The first kappa shape index (κ1) is 11.2. The van der Waals surface area contributed by atoms with Crippen molar-refractivity contribution < 1.29 is 13.2 Å². The van der Waals surface area contributed by atoms with Crippen LogP contribution < -0.4 is 5.32 Å². The maximum absolute atomic E-state index is 12.5. The van der Waals surface area contributed by atoms with E-state index in [0.29, 0.717) is 16.5 Å². The van der Waals surface area contributed by atoms with E-state index < -0.39 is 11.7 Å². The minimum atomic E-state index is -4.24. The number of nitrogens with one attached hydrogen (secondary N) is 1. The molecule has 1 aromatic rings. The van der Waals surface area contributed by atoms with Crippen LogP contribution in [-0.4, -0.2) is 6.54 Å². The summed E-state index contributed by atoms with van der Waals surface area (Å²) in [6, 6.07) is 2.49. The van der Waals surface area contributed by atoms with Gasteiger partial charge < -0.3 is 5.32 Å². The Morgan fingerprint density at radius 3 is 2.67 bits per heavy atom. The Morgan fingerprint density at radius 2 is 2.00 bits per heavy atom. The molecule has 0 fully saturated rings. The van der Waals surface area contributed by atoms with E-state index in [4.69, 9.17) is 0 Å². The van der Waals surface area contributed by atoms with Crippen LogP contribution in [0.2, 0.25) is 0 Å². The molecule has 0 spiro atoms. The first-order valence-corrected chi connectivity index (χ1v) is 5.65. The summed E-state index contributed by atoms with van der Waals surface area (Å²) in [6.45, 7) is 1.43. The van der Waals surface area contributed by atoms with E-state index in [2.05, 4.69) is 5.32 Å². The van der Waals surface area contributed by atoms with Crippen LogP contribution >= 0.6 is 22.6 Å². The third-order valence-electron chi connectivity index (χ3n) is 2.49. The summed E-state index contributed by atoms with van der Waals surface area (Å²) in [7, 11) is 0. The van der Waals surface area contributed by atoms with Gasteiger partial charge in [-0.25, -0.2) is 0 Å². The van der Waals surface area contributed by atoms with Gasteiger partial charge in [-0.05, 0) is 58.8 Å². The van der Waals surface area contributed by atoms with Crippen molar-refractivity contribution in [2.45, 2.75) is 19.1 Å². The number of benzene rings is 1. The largest absolute Gasteiger partial charge is 0.416 e. The standard InChI is InChI=1S/C10H9F3IN/c11-10(12,13)7-3-6-1-2-15-5-8(6)9(14)4-7/h3-4,15H,1-2,5H2. The van der Waals surface area contributed by atoms with Gasteiger partial charge in [0.05, 0.1) is 5.56 Å². The normalized spacial score (nSPS) is 16.3. The van der Waals surface area contributed by atoms with Gasteiger partial charge in [-0.2, -0.15) is 13.2 Å². The fourth-order valence-electron chi connectivity index (χ4n) is 1.71. The molecule has 1 aliphatic rings. The number of halogens is 4. The van der Waals surface area contributed by atoms with E-state index >= 15 is 0 Å². The number of hydrogen-bond acceptors (Lipinski definition) is 1. The summed E-state index contributed by atoms with van der Waals surface area (Å²) in [5.41, 5.74) is 1.30. The van der Waals surface area contributed by atoms with E-state index in [-0.39, 0.29) is 0 Å². The molecule has 1 aliphatic heterocycles. The summed E-state index contributed by atoms with van der Waals surface area (Å²) >= 11 is 1.97. The van der Waals surface area contributed by atoms with Gasteiger partial charge in [0.25, 0.3) is 0 Å². The second-order valence-electron chi connectivity index (χ2n) is 3.52. The van der Waals surface area contributed by atoms with Gasteiger partial charge >= 0.3 is 6.18 Å². The van der Waals surface area contributed by atoms with Crippen LogP contribution in [0.25, 0.3) is 0 Å². The molecule has 0 aromatic heterocycles. The van der Waals surface area contributed by atoms with Crippen LogP contribution in [0, 0.1) is 3.57 Å². The highest BCUT2D eigenvalue weighted by molar-refractivity contribution is 14.1. The number of hydrogen-bond donors (Lipinski definition) is 1. The smallest absolute Gasteiger partial charge is 0.312 e. The van der Waals surface area contributed by atoms with Crippen molar-refractivity contribution in [3.05, 3.63) is 32.4 Å². The molecule has 0 aliphatic carbocycles. The van der Waals surface area contributed by atoms with E-state index in [1.165, 1.54) is 12.1 Å². The van der Waals surface area contributed by atoms with E-state index in [9.17, 15) is 13.2 Å². The molecular formula is C10H9F3IN. The van der Waals surface area contributed by atoms with Gasteiger partial charge in [0.2, 0.25) is 0 Å². The Labute approximate surface area is 99.2 Å². The first-order chi connectivity index (χ1) is 6.98. The molecule has 0 saturated carbocycles. The van der Waals surface area contributed by atoms with Crippen molar-refractivity contribution in [1.29, 1.82) is 0 Å². The van der Waals surface area contributed by atoms with Crippen LogP contribution in [0.1, 0.15) is 16.7 Å². The second-order valence-corrected chi connectivity index (χ2v) is 4.68. The van der Waals surface area contributed by atoms with Crippen molar-refractivity contribution in [3.8, 4) is 0 Å². The molecule has 1 heterocycles. The van der Waals surface area contributed by atoms with Gasteiger partial charge in [0.1, 0.15) is 0 Å². The minimum Gasteiger partial charge on any atom is -0.312 e. The number of alkyl halides is 3. The molecular weight excluding hydrogens is 318 g/mol. The molecule has 1 nitrogen and oxygen atoms in total. The van der Waals surface area contributed by atoms with Crippen LogP contribution in [0.5, 0.6) is 0 Å². The Bertz CT molecular complexity index is 387. The predicted octanol–water partition coefficient (Wildman–Crippen LogP) is 2.96. The highest BCUT2D eigenvalue weighted by Crippen LogP contribution is 2.33. The number of fused-ring (bicyclic) bond motifs is 1. The molecule has 0 amide bonds. The zero-order valence-corrected chi connectivity index (χ0v) is 9.95. The summed E-state index contributed by atoms with van der Waals surface area (Å²) in [5, 5.41) is 3.15. The number of rotatable bonds is 0. The van der Waals surface area contributed by atoms with Gasteiger partial charge in [0, 0.05) is 10.1 Å². The average Bonchev–Trinajstić information content (AvgIpc) is 2.16. The summed E-state index contributed by atoms with van der Waals surface area (Å²) < 4.78 is 38.3. The quantitative estimate of drug-likeness (QED) is 0.723. The highest BCUT2D eigenvalue weighted by atomic mass is 127. The maximum Gasteiger partial charge on any atom is 0.416 e. The molecule has 0 bridgehead atoms. The molecule has 0 radical (unpaired) electrons. The van der Waals surface area contributed by atoms with Crippen LogP contribution in [0.4, 0.5) is 13.2 Å². The molecule has 0 saturated heterocycles. The summed E-state index contributed by atoms with van der Waals surface area (Å²) in [5.74, 6) is 0. The SMILES string of the molecule is FC(F)(F)c1cc(I)c2c(c1)CCNC2. The van der Waals surface area contributed by atoms with Crippen molar-refractivity contribution in [2.75, 3.05) is 6.54 Å². The third kappa shape index (κ3) is 2.28. The van der Waals surface area contributed by atoms with Crippen molar-refractivity contribution in [1.82, 2.24) is 5.32 Å². The average molecular weight is 327 g/mol. The predicted molar refractivity (Wildman–Crippen MR) is 59.6 cm³/mol. The fourth-order valence-corrected chi connectivity index (χ4v) is 2.59.